The van der Waals surface area contributed by atoms with Gasteiger partial charge in [0.2, 0.25) is 5.89 Å². The van der Waals surface area contributed by atoms with Crippen LogP contribution in [0.2, 0.25) is 4.34 Å². The molecule has 0 aliphatic carbocycles. The van der Waals surface area contributed by atoms with E-state index in [1.807, 2.05) is 6.07 Å². The smallest absolute Gasteiger partial charge is 0.303 e. The normalized spacial score (nSPS) is 10.6. The average molecular weight is 258 g/mol. The second-order valence-corrected chi connectivity index (χ2v) is 4.84. The second-order valence-electron chi connectivity index (χ2n) is 3.13. The van der Waals surface area contributed by atoms with Crippen LogP contribution in [-0.4, -0.2) is 16.1 Å². The Bertz CT molecular complexity index is 506. The SMILES string of the molecule is O=C(O)CCc1cnc(-c2ccc(Cl)s2)o1. The zero-order valence-electron chi connectivity index (χ0n) is 8.14. The number of aryl methyl sites for hydroxylation is 1. The summed E-state index contributed by atoms with van der Waals surface area (Å²) in [7, 11) is 0. The van der Waals surface area contributed by atoms with Gasteiger partial charge in [-0.05, 0) is 12.1 Å². The molecule has 16 heavy (non-hydrogen) atoms. The predicted molar refractivity (Wildman–Crippen MR) is 60.8 cm³/mol. The first-order valence-electron chi connectivity index (χ1n) is 4.57. The number of aromatic nitrogens is 1. The minimum absolute atomic E-state index is 0.0415. The molecule has 84 valence electrons. The fourth-order valence-corrected chi connectivity index (χ4v) is 2.17. The van der Waals surface area contributed by atoms with E-state index in [1.54, 1.807) is 12.3 Å². The van der Waals surface area contributed by atoms with Crippen LogP contribution in [0.5, 0.6) is 0 Å². The molecule has 0 aliphatic rings. The third-order valence-corrected chi connectivity index (χ3v) is 3.14. The first kappa shape index (κ1) is 11.2. The largest absolute Gasteiger partial charge is 0.481 e. The zero-order chi connectivity index (χ0) is 11.5. The van der Waals surface area contributed by atoms with E-state index in [4.69, 9.17) is 21.1 Å². The lowest BCUT2D eigenvalue weighted by Gasteiger charge is -1.91. The Hall–Kier alpha value is -1.33. The van der Waals surface area contributed by atoms with Crippen molar-refractivity contribution in [3.8, 4) is 10.8 Å². The lowest BCUT2D eigenvalue weighted by Crippen LogP contribution is -1.96. The van der Waals surface area contributed by atoms with Gasteiger partial charge in [0.05, 0.1) is 21.8 Å². The van der Waals surface area contributed by atoms with Gasteiger partial charge in [-0.2, -0.15) is 0 Å². The fraction of sp³-hybridized carbons (Fsp3) is 0.200. The van der Waals surface area contributed by atoms with Crippen molar-refractivity contribution >= 4 is 28.9 Å². The maximum absolute atomic E-state index is 10.4. The molecule has 6 heteroatoms. The van der Waals surface area contributed by atoms with Gasteiger partial charge in [0, 0.05) is 6.42 Å². The lowest BCUT2D eigenvalue weighted by molar-refractivity contribution is -0.137. The average Bonchev–Trinajstić information content (AvgIpc) is 2.83. The topological polar surface area (TPSA) is 63.3 Å². The van der Waals surface area contributed by atoms with Gasteiger partial charge in [-0.15, -0.1) is 11.3 Å². The molecule has 4 nitrogen and oxygen atoms in total. The summed E-state index contributed by atoms with van der Waals surface area (Å²) in [4.78, 5) is 15.3. The molecule has 2 aromatic rings. The minimum atomic E-state index is -0.850. The standard InChI is InChI=1S/C10H8ClNO3S/c11-8-3-2-7(16-8)10-12-5-6(15-10)1-4-9(13)14/h2-3,5H,1,4H2,(H,13,14). The van der Waals surface area contributed by atoms with Gasteiger partial charge in [-0.25, -0.2) is 4.98 Å². The van der Waals surface area contributed by atoms with Crippen LogP contribution < -0.4 is 0 Å². The highest BCUT2D eigenvalue weighted by Crippen LogP contribution is 2.30. The number of nitrogens with zero attached hydrogens (tertiary/aromatic N) is 1. The molecule has 0 spiro atoms. The third kappa shape index (κ3) is 2.62. The molecule has 2 heterocycles. The van der Waals surface area contributed by atoms with Crippen molar-refractivity contribution in [2.24, 2.45) is 0 Å². The summed E-state index contributed by atoms with van der Waals surface area (Å²) in [6.07, 6.45) is 1.94. The molecule has 0 atom stereocenters. The molecule has 1 N–H and O–H groups in total. The van der Waals surface area contributed by atoms with Crippen LogP contribution in [0, 0.1) is 0 Å². The van der Waals surface area contributed by atoms with E-state index in [0.717, 1.165) is 4.88 Å². The number of thiophene rings is 1. The molecule has 2 rings (SSSR count). The molecule has 0 saturated carbocycles. The van der Waals surface area contributed by atoms with Gasteiger partial charge in [0.15, 0.2) is 0 Å². The fourth-order valence-electron chi connectivity index (χ4n) is 1.20. The van der Waals surface area contributed by atoms with E-state index in [2.05, 4.69) is 4.98 Å². The van der Waals surface area contributed by atoms with Crippen LogP contribution in [0.15, 0.2) is 22.7 Å². The first-order chi connectivity index (χ1) is 7.65. The number of carboxylic acids is 1. The van der Waals surface area contributed by atoms with Gasteiger partial charge >= 0.3 is 5.97 Å². The number of carboxylic acid groups (broad SMARTS) is 1. The summed E-state index contributed by atoms with van der Waals surface area (Å²) in [5, 5.41) is 8.52. The maximum Gasteiger partial charge on any atom is 0.303 e. The van der Waals surface area contributed by atoms with E-state index >= 15 is 0 Å². The molecule has 0 bridgehead atoms. The summed E-state index contributed by atoms with van der Waals surface area (Å²) in [5.74, 6) is 0.205. The van der Waals surface area contributed by atoms with Crippen LogP contribution >= 0.6 is 22.9 Å². The van der Waals surface area contributed by atoms with Crippen molar-refractivity contribution < 1.29 is 14.3 Å². The molecular weight excluding hydrogens is 250 g/mol. The summed E-state index contributed by atoms with van der Waals surface area (Å²) >= 11 is 7.16. The second kappa shape index (κ2) is 4.67. The maximum atomic E-state index is 10.4. The van der Waals surface area contributed by atoms with Crippen molar-refractivity contribution in [3.63, 3.8) is 0 Å². The number of halogens is 1. The molecular formula is C10H8ClNO3S. The van der Waals surface area contributed by atoms with E-state index in [9.17, 15) is 4.79 Å². The van der Waals surface area contributed by atoms with Gasteiger partial charge < -0.3 is 9.52 Å². The molecule has 0 saturated heterocycles. The number of hydrogen-bond acceptors (Lipinski definition) is 4. The van der Waals surface area contributed by atoms with Crippen molar-refractivity contribution in [1.29, 1.82) is 0 Å². The minimum Gasteiger partial charge on any atom is -0.481 e. The zero-order valence-corrected chi connectivity index (χ0v) is 9.72. The molecule has 0 aromatic carbocycles. The summed E-state index contributed by atoms with van der Waals surface area (Å²) < 4.78 is 6.08. The van der Waals surface area contributed by atoms with Gasteiger partial charge in [-0.1, -0.05) is 11.6 Å². The number of hydrogen-bond donors (Lipinski definition) is 1. The monoisotopic (exact) mass is 257 g/mol. The van der Waals surface area contributed by atoms with Crippen molar-refractivity contribution in [3.05, 3.63) is 28.4 Å². The van der Waals surface area contributed by atoms with Gasteiger partial charge in [0.25, 0.3) is 0 Å². The van der Waals surface area contributed by atoms with Crippen molar-refractivity contribution in [2.75, 3.05) is 0 Å². The van der Waals surface area contributed by atoms with Gasteiger partial charge in [0.1, 0.15) is 5.76 Å². The Kier molecular flexibility index (Phi) is 3.26. The van der Waals surface area contributed by atoms with Crippen LogP contribution in [0.1, 0.15) is 12.2 Å². The first-order valence-corrected chi connectivity index (χ1v) is 5.77. The molecule has 0 unspecified atom stereocenters. The third-order valence-electron chi connectivity index (χ3n) is 1.92. The number of aliphatic carboxylic acids is 1. The lowest BCUT2D eigenvalue weighted by atomic mass is 10.3. The van der Waals surface area contributed by atoms with Gasteiger partial charge in [-0.3, -0.25) is 4.79 Å². The summed E-state index contributed by atoms with van der Waals surface area (Å²) in [6, 6.07) is 3.59. The van der Waals surface area contributed by atoms with Crippen LogP contribution in [0.3, 0.4) is 0 Å². The quantitative estimate of drug-likeness (QED) is 0.914. The number of rotatable bonds is 4. The Labute approximate surface area is 100 Å². The molecule has 0 radical (unpaired) electrons. The van der Waals surface area contributed by atoms with Crippen molar-refractivity contribution in [2.45, 2.75) is 12.8 Å². The molecule has 0 amide bonds. The van der Waals surface area contributed by atoms with E-state index in [0.29, 0.717) is 22.4 Å². The Morgan fingerprint density at radius 3 is 3.00 bits per heavy atom. The highest BCUT2D eigenvalue weighted by atomic mass is 35.5. The van der Waals surface area contributed by atoms with E-state index < -0.39 is 5.97 Å². The Morgan fingerprint density at radius 1 is 1.56 bits per heavy atom. The highest BCUT2D eigenvalue weighted by Gasteiger charge is 2.09. The number of carbonyl (C=O) groups is 1. The Morgan fingerprint density at radius 2 is 2.38 bits per heavy atom. The highest BCUT2D eigenvalue weighted by molar-refractivity contribution is 7.19. The van der Waals surface area contributed by atoms with Crippen molar-refractivity contribution in [1.82, 2.24) is 4.98 Å². The number of oxazole rings is 1. The molecule has 0 aliphatic heterocycles. The Balaban J connectivity index is 2.10. The molecule has 2 aromatic heterocycles. The summed E-state index contributed by atoms with van der Waals surface area (Å²) in [6.45, 7) is 0. The van der Waals surface area contributed by atoms with Crippen LogP contribution in [-0.2, 0) is 11.2 Å². The van der Waals surface area contributed by atoms with E-state index in [-0.39, 0.29) is 6.42 Å². The summed E-state index contributed by atoms with van der Waals surface area (Å²) in [5.41, 5.74) is 0. The molecule has 0 fully saturated rings. The van der Waals surface area contributed by atoms with Crippen LogP contribution in [0.4, 0.5) is 0 Å². The van der Waals surface area contributed by atoms with E-state index in [1.165, 1.54) is 11.3 Å². The predicted octanol–water partition coefficient (Wildman–Crippen LogP) is 3.07. The van der Waals surface area contributed by atoms with Crippen LogP contribution in [0.25, 0.3) is 10.8 Å².